The summed E-state index contributed by atoms with van der Waals surface area (Å²) in [7, 11) is 0. The molecule has 0 saturated carbocycles. The summed E-state index contributed by atoms with van der Waals surface area (Å²) in [5.74, 6) is 0. The topological polar surface area (TPSA) is 3.24 Å². The average Bonchev–Trinajstić information content (AvgIpc) is 2.19. The summed E-state index contributed by atoms with van der Waals surface area (Å²) in [6.07, 6.45) is 6.77. The number of allylic oxidation sites excluding steroid dienone is 1. The number of hydrogen-bond donors (Lipinski definition) is 0. The molecular weight excluding hydrogens is 187 g/mol. The van der Waals surface area contributed by atoms with E-state index in [-0.39, 0.29) is 32.7 Å². The van der Waals surface area contributed by atoms with E-state index in [1.807, 2.05) is 6.92 Å². The van der Waals surface area contributed by atoms with Crippen LogP contribution in [0.3, 0.4) is 0 Å². The van der Waals surface area contributed by atoms with Gasteiger partial charge in [0.2, 0.25) is 0 Å². The summed E-state index contributed by atoms with van der Waals surface area (Å²) in [6, 6.07) is 0. The Kier molecular flexibility index (Phi) is 5.82. The van der Waals surface area contributed by atoms with Crippen LogP contribution >= 0.6 is 0 Å². The van der Waals surface area contributed by atoms with Crippen molar-refractivity contribution in [1.82, 2.24) is 4.90 Å². The van der Waals surface area contributed by atoms with Crippen LogP contribution < -0.4 is 0 Å². The van der Waals surface area contributed by atoms with E-state index in [0.717, 1.165) is 0 Å². The molecule has 0 spiro atoms. The smallest absolute Gasteiger partial charge is 0 e. The van der Waals surface area contributed by atoms with Gasteiger partial charge in [-0.05, 0) is 19.7 Å². The van der Waals surface area contributed by atoms with Crippen LogP contribution in [-0.4, -0.2) is 11.4 Å². The van der Waals surface area contributed by atoms with Gasteiger partial charge < -0.3 is 4.90 Å². The molecule has 0 unspecified atom stereocenters. The monoisotopic (exact) mass is 199 g/mol. The van der Waals surface area contributed by atoms with Crippen molar-refractivity contribution in [3.05, 3.63) is 18.8 Å². The van der Waals surface area contributed by atoms with Gasteiger partial charge in [-0.3, -0.25) is 0 Å². The predicted molar refractivity (Wildman–Crippen MR) is 35.1 cm³/mol. The summed E-state index contributed by atoms with van der Waals surface area (Å²) in [4.78, 5) is 2.24. The molecule has 1 nitrogen and oxygen atoms in total. The number of hydrogen-bond acceptors (Lipinski definition) is 1. The van der Waals surface area contributed by atoms with Crippen molar-refractivity contribution in [1.29, 1.82) is 0 Å². The van der Waals surface area contributed by atoms with Crippen LogP contribution in [0.15, 0.2) is 12.3 Å². The van der Waals surface area contributed by atoms with Crippen LogP contribution in [0, 0.1) is 6.54 Å². The van der Waals surface area contributed by atoms with Gasteiger partial charge in [-0.2, -0.15) is 6.42 Å². The van der Waals surface area contributed by atoms with Gasteiger partial charge in [0.15, 0.2) is 0 Å². The van der Waals surface area contributed by atoms with Crippen molar-refractivity contribution in [2.24, 2.45) is 0 Å². The molecule has 1 aliphatic rings. The van der Waals surface area contributed by atoms with Crippen molar-refractivity contribution in [2.45, 2.75) is 19.8 Å². The van der Waals surface area contributed by atoms with Gasteiger partial charge >= 0.3 is 0 Å². The molecule has 1 aliphatic heterocycles. The summed E-state index contributed by atoms with van der Waals surface area (Å²) in [5.41, 5.74) is 0. The van der Waals surface area contributed by atoms with Gasteiger partial charge in [0.1, 0.15) is 0 Å². The van der Waals surface area contributed by atoms with Gasteiger partial charge in [0.25, 0.3) is 0 Å². The molecule has 49 valence electrons. The minimum absolute atomic E-state index is 0. The van der Waals surface area contributed by atoms with Crippen molar-refractivity contribution in [3.8, 4) is 0 Å². The first-order chi connectivity index (χ1) is 3.93. The molecule has 1 radical (unpaired) electrons. The van der Waals surface area contributed by atoms with E-state index in [1.54, 1.807) is 0 Å². The molecule has 9 heavy (non-hydrogen) atoms. The first-order valence-electron chi connectivity index (χ1n) is 3.15. The van der Waals surface area contributed by atoms with Gasteiger partial charge in [-0.15, -0.1) is 0 Å². The Morgan fingerprint density at radius 1 is 1.56 bits per heavy atom. The van der Waals surface area contributed by atoms with Crippen LogP contribution in [-0.2, 0) is 32.7 Å². The number of rotatable bonds is 1. The molecule has 1 heterocycles. The molecule has 0 aromatic heterocycles. The third kappa shape index (κ3) is 3.37. The zero-order chi connectivity index (χ0) is 5.82. The Morgan fingerprint density at radius 3 is 2.78 bits per heavy atom. The molecule has 1 rings (SSSR count). The first-order valence-corrected chi connectivity index (χ1v) is 3.15. The fraction of sp³-hybridized carbons (Fsp3) is 0.571. The normalized spacial score (nSPS) is 18.6. The van der Waals surface area contributed by atoms with Gasteiger partial charge in [-0.25, -0.2) is 6.54 Å². The molecule has 0 aromatic carbocycles. The van der Waals surface area contributed by atoms with Crippen LogP contribution in [0.1, 0.15) is 19.8 Å². The second-order valence-corrected chi connectivity index (χ2v) is 2.05. The zero-order valence-electron chi connectivity index (χ0n) is 5.88. The largest absolute Gasteiger partial charge is 0.529 e. The molecule has 1 saturated heterocycles. The van der Waals surface area contributed by atoms with E-state index in [4.69, 9.17) is 0 Å². The first kappa shape index (κ1) is 9.64. The standard InChI is InChI=1S/C7H12N.Y/c1-2-5-8-6-3-4-7-8;/h2,5-6H,3-4,7H2,1H3;/q-1;. The van der Waals surface area contributed by atoms with E-state index in [9.17, 15) is 0 Å². The molecular formula is C7H12NY-. The van der Waals surface area contributed by atoms with Crippen molar-refractivity contribution in [3.63, 3.8) is 0 Å². The third-order valence-corrected chi connectivity index (χ3v) is 1.32. The third-order valence-electron chi connectivity index (χ3n) is 1.32. The molecule has 0 amide bonds. The molecule has 0 N–H and O–H groups in total. The molecule has 0 aromatic rings. The summed E-state index contributed by atoms with van der Waals surface area (Å²) < 4.78 is 0. The van der Waals surface area contributed by atoms with E-state index in [0.29, 0.717) is 0 Å². The number of likely N-dealkylation sites (tertiary alicyclic amines) is 1. The van der Waals surface area contributed by atoms with Gasteiger partial charge in [-0.1, -0.05) is 12.5 Å². The summed E-state index contributed by atoms with van der Waals surface area (Å²) >= 11 is 0. The Hall–Kier alpha value is 0.644. The molecule has 0 atom stereocenters. The van der Waals surface area contributed by atoms with Crippen LogP contribution in [0.5, 0.6) is 0 Å². The van der Waals surface area contributed by atoms with Crippen molar-refractivity contribution in [2.75, 3.05) is 6.54 Å². The fourth-order valence-electron chi connectivity index (χ4n) is 0.949. The van der Waals surface area contributed by atoms with Gasteiger partial charge in [0.05, 0.1) is 0 Å². The maximum Gasteiger partial charge on any atom is 0 e. The Labute approximate surface area is 82.4 Å². The Balaban J connectivity index is 0.000000640. The molecule has 1 fully saturated rings. The minimum atomic E-state index is 0. The minimum Gasteiger partial charge on any atom is -0.529 e. The second kappa shape index (κ2) is 5.43. The van der Waals surface area contributed by atoms with Crippen molar-refractivity contribution < 1.29 is 32.7 Å². The quantitative estimate of drug-likeness (QED) is 0.582. The number of nitrogens with zero attached hydrogens (tertiary/aromatic N) is 1. The molecule has 2 heteroatoms. The van der Waals surface area contributed by atoms with E-state index in [1.165, 1.54) is 19.4 Å². The Morgan fingerprint density at radius 2 is 2.33 bits per heavy atom. The summed E-state index contributed by atoms with van der Waals surface area (Å²) in [5, 5.41) is 0. The van der Waals surface area contributed by atoms with E-state index >= 15 is 0 Å². The predicted octanol–water partition coefficient (Wildman–Crippen LogP) is 1.78. The van der Waals surface area contributed by atoms with E-state index < -0.39 is 0 Å². The van der Waals surface area contributed by atoms with Crippen LogP contribution in [0.2, 0.25) is 0 Å². The van der Waals surface area contributed by atoms with Crippen LogP contribution in [0.4, 0.5) is 0 Å². The van der Waals surface area contributed by atoms with Crippen LogP contribution in [0.25, 0.3) is 0 Å². The average molecular weight is 199 g/mol. The Bertz CT molecular complexity index is 84.9. The maximum atomic E-state index is 2.24. The second-order valence-electron chi connectivity index (χ2n) is 2.05. The maximum absolute atomic E-state index is 2.24. The summed E-state index contributed by atoms with van der Waals surface area (Å²) in [6.45, 7) is 5.50. The molecule has 0 bridgehead atoms. The SMILES string of the molecule is CC=CN1[CH-]CCC1.[Y]. The zero-order valence-corrected chi connectivity index (χ0v) is 8.72. The molecule has 0 aliphatic carbocycles. The van der Waals surface area contributed by atoms with Gasteiger partial charge in [0, 0.05) is 32.7 Å². The van der Waals surface area contributed by atoms with E-state index in [2.05, 4.69) is 23.7 Å². The van der Waals surface area contributed by atoms with Crippen molar-refractivity contribution >= 4 is 0 Å². The fourth-order valence-corrected chi connectivity index (χ4v) is 0.949.